The van der Waals surface area contributed by atoms with E-state index in [-0.39, 0.29) is 5.78 Å². The lowest BCUT2D eigenvalue weighted by Crippen LogP contribution is -2.10. The number of carbonyl (C=O) groups excluding carboxylic acids is 1. The number of nitrogens with zero attached hydrogens (tertiary/aromatic N) is 4. The van der Waals surface area contributed by atoms with E-state index in [1.54, 1.807) is 24.3 Å². The molecule has 142 valence electrons. The quantitative estimate of drug-likeness (QED) is 0.221. The van der Waals surface area contributed by atoms with Gasteiger partial charge in [-0.05, 0) is 45.2 Å². The van der Waals surface area contributed by atoms with E-state index in [1.807, 2.05) is 71.1 Å². The van der Waals surface area contributed by atoms with Gasteiger partial charge in [0.05, 0.1) is 9.28 Å². The summed E-state index contributed by atoms with van der Waals surface area (Å²) in [6.07, 6.45) is 0. The highest BCUT2D eigenvalue weighted by atomic mass is 127. The van der Waals surface area contributed by atoms with Crippen molar-refractivity contribution in [2.45, 2.75) is 0 Å². The third kappa shape index (κ3) is 4.00. The zero-order chi connectivity index (χ0) is 20.2. The second-order valence-corrected chi connectivity index (χ2v) is 7.23. The van der Waals surface area contributed by atoms with Crippen molar-refractivity contribution >= 4 is 34.1 Å². The van der Waals surface area contributed by atoms with Crippen molar-refractivity contribution in [2.24, 2.45) is 0 Å². The van der Waals surface area contributed by atoms with Crippen LogP contribution in [-0.2, 0) is 0 Å². The summed E-state index contributed by atoms with van der Waals surface area (Å²) >= 11 is 2.02. The standard InChI is InChI=1S/C22H14FIN4O/c23-18-13-7-12-17(14-18)22-25-26-27-28(22)20(15-8-3-1-4-9-15)19(24)21(29)16-10-5-2-6-11-16/h1-14H/b20-19+. The third-order valence-corrected chi connectivity index (χ3v) is 5.26. The molecule has 3 aromatic carbocycles. The predicted octanol–water partition coefficient (Wildman–Crippen LogP) is 5.01. The molecule has 0 aliphatic carbocycles. The minimum absolute atomic E-state index is 0.147. The topological polar surface area (TPSA) is 60.7 Å². The summed E-state index contributed by atoms with van der Waals surface area (Å²) in [5, 5.41) is 12.0. The predicted molar refractivity (Wildman–Crippen MR) is 117 cm³/mol. The molecule has 4 rings (SSSR count). The van der Waals surface area contributed by atoms with Gasteiger partial charge in [-0.15, -0.1) is 5.10 Å². The summed E-state index contributed by atoms with van der Waals surface area (Å²) < 4.78 is 15.7. The van der Waals surface area contributed by atoms with Gasteiger partial charge in [0.15, 0.2) is 5.82 Å². The van der Waals surface area contributed by atoms with Gasteiger partial charge in [0, 0.05) is 16.7 Å². The maximum atomic E-state index is 13.8. The van der Waals surface area contributed by atoms with Gasteiger partial charge >= 0.3 is 0 Å². The van der Waals surface area contributed by atoms with Gasteiger partial charge in [-0.25, -0.2) is 4.39 Å². The maximum absolute atomic E-state index is 13.8. The van der Waals surface area contributed by atoms with Crippen LogP contribution in [0.5, 0.6) is 0 Å². The molecule has 0 unspecified atom stereocenters. The number of ketones is 1. The van der Waals surface area contributed by atoms with Crippen LogP contribution in [0.15, 0.2) is 88.5 Å². The average Bonchev–Trinajstić information content (AvgIpc) is 3.24. The maximum Gasteiger partial charge on any atom is 0.201 e. The minimum Gasteiger partial charge on any atom is -0.288 e. The van der Waals surface area contributed by atoms with Crippen molar-refractivity contribution in [3.63, 3.8) is 0 Å². The number of tetrazole rings is 1. The highest BCUT2D eigenvalue weighted by molar-refractivity contribution is 14.1. The number of allylic oxidation sites excluding steroid dienone is 1. The fourth-order valence-corrected chi connectivity index (χ4v) is 3.76. The van der Waals surface area contributed by atoms with Gasteiger partial charge in [-0.2, -0.15) is 4.68 Å². The largest absolute Gasteiger partial charge is 0.288 e. The number of hydrogen-bond acceptors (Lipinski definition) is 4. The SMILES string of the molecule is O=C(/C(I)=C(/c1ccccc1)n1nnnc1-c1cccc(F)c1)c1ccccc1. The summed E-state index contributed by atoms with van der Waals surface area (Å²) in [4.78, 5) is 13.1. The second kappa shape index (κ2) is 8.44. The molecule has 29 heavy (non-hydrogen) atoms. The Morgan fingerprint density at radius 2 is 1.52 bits per heavy atom. The Labute approximate surface area is 180 Å². The Balaban J connectivity index is 1.93. The number of aromatic nitrogens is 4. The number of Topliss-reactive ketones (excluding diaryl/α,β-unsaturated/α-hetero) is 1. The molecule has 0 aliphatic rings. The minimum atomic E-state index is -0.391. The third-order valence-electron chi connectivity index (χ3n) is 4.25. The Bertz CT molecular complexity index is 1190. The molecular weight excluding hydrogens is 482 g/mol. The van der Waals surface area contributed by atoms with Gasteiger partial charge in [0.2, 0.25) is 5.78 Å². The van der Waals surface area contributed by atoms with E-state index in [0.717, 1.165) is 5.56 Å². The number of rotatable bonds is 5. The van der Waals surface area contributed by atoms with Crippen LogP contribution >= 0.6 is 22.6 Å². The van der Waals surface area contributed by atoms with Gasteiger partial charge in [-0.3, -0.25) is 4.79 Å². The average molecular weight is 496 g/mol. The second-order valence-electron chi connectivity index (χ2n) is 6.15. The van der Waals surface area contributed by atoms with Crippen LogP contribution in [0.3, 0.4) is 0 Å². The first-order chi connectivity index (χ1) is 14.1. The summed E-state index contributed by atoms with van der Waals surface area (Å²) in [5.74, 6) is -0.193. The number of hydrogen-bond donors (Lipinski definition) is 0. The first kappa shape index (κ1) is 19.1. The van der Waals surface area contributed by atoms with Crippen molar-refractivity contribution in [3.05, 3.63) is 105 Å². The van der Waals surface area contributed by atoms with E-state index in [2.05, 4.69) is 15.5 Å². The van der Waals surface area contributed by atoms with E-state index in [4.69, 9.17) is 0 Å². The van der Waals surface area contributed by atoms with Crippen LogP contribution in [0.25, 0.3) is 17.1 Å². The lowest BCUT2D eigenvalue weighted by Gasteiger charge is -2.13. The molecule has 0 amide bonds. The molecule has 0 saturated carbocycles. The molecule has 4 aromatic rings. The van der Waals surface area contributed by atoms with Gasteiger partial charge in [-0.1, -0.05) is 72.8 Å². The highest BCUT2D eigenvalue weighted by Crippen LogP contribution is 2.30. The Kier molecular flexibility index (Phi) is 5.57. The summed E-state index contributed by atoms with van der Waals surface area (Å²) in [7, 11) is 0. The molecular formula is C22H14FIN4O. The van der Waals surface area contributed by atoms with Crippen LogP contribution in [0.1, 0.15) is 15.9 Å². The molecule has 0 bridgehead atoms. The molecule has 0 radical (unpaired) electrons. The Hall–Kier alpha value is -3.20. The van der Waals surface area contributed by atoms with Gasteiger partial charge < -0.3 is 0 Å². The molecule has 5 nitrogen and oxygen atoms in total. The smallest absolute Gasteiger partial charge is 0.201 e. The van der Waals surface area contributed by atoms with E-state index in [1.165, 1.54) is 16.8 Å². The molecule has 1 aromatic heterocycles. The Morgan fingerprint density at radius 3 is 2.17 bits per heavy atom. The first-order valence-corrected chi connectivity index (χ1v) is 9.82. The summed E-state index contributed by atoms with van der Waals surface area (Å²) in [5.41, 5.74) is 2.38. The van der Waals surface area contributed by atoms with Crippen LogP contribution in [0.4, 0.5) is 4.39 Å². The van der Waals surface area contributed by atoms with Crippen molar-refractivity contribution < 1.29 is 9.18 Å². The van der Waals surface area contributed by atoms with Crippen LogP contribution < -0.4 is 0 Å². The molecule has 0 saturated heterocycles. The number of carbonyl (C=O) groups is 1. The number of halogens is 2. The molecule has 1 heterocycles. The van der Waals surface area contributed by atoms with Gasteiger partial charge in [0.1, 0.15) is 5.82 Å². The molecule has 0 aliphatic heterocycles. The van der Waals surface area contributed by atoms with Gasteiger partial charge in [0.25, 0.3) is 0 Å². The number of benzene rings is 3. The highest BCUT2D eigenvalue weighted by Gasteiger charge is 2.22. The van der Waals surface area contributed by atoms with Crippen molar-refractivity contribution in [1.82, 2.24) is 20.2 Å². The van der Waals surface area contributed by atoms with Crippen molar-refractivity contribution in [1.29, 1.82) is 0 Å². The van der Waals surface area contributed by atoms with Crippen LogP contribution in [-0.4, -0.2) is 26.0 Å². The molecule has 0 fully saturated rings. The lowest BCUT2D eigenvalue weighted by atomic mass is 10.1. The molecule has 0 N–H and O–H groups in total. The van der Waals surface area contributed by atoms with E-state index >= 15 is 0 Å². The normalized spacial score (nSPS) is 11.8. The summed E-state index contributed by atoms with van der Waals surface area (Å²) in [6.45, 7) is 0. The fourth-order valence-electron chi connectivity index (χ4n) is 2.91. The fraction of sp³-hybridized carbons (Fsp3) is 0. The first-order valence-electron chi connectivity index (χ1n) is 8.75. The van der Waals surface area contributed by atoms with Crippen molar-refractivity contribution in [2.75, 3.05) is 0 Å². The van der Waals surface area contributed by atoms with Crippen molar-refractivity contribution in [3.8, 4) is 11.4 Å². The molecule has 0 atom stereocenters. The van der Waals surface area contributed by atoms with Crippen LogP contribution in [0.2, 0.25) is 0 Å². The molecule has 0 spiro atoms. The lowest BCUT2D eigenvalue weighted by molar-refractivity contribution is 0.104. The van der Waals surface area contributed by atoms with E-state index in [0.29, 0.717) is 26.2 Å². The monoisotopic (exact) mass is 496 g/mol. The zero-order valence-electron chi connectivity index (χ0n) is 15.0. The Morgan fingerprint density at radius 1 is 0.862 bits per heavy atom. The molecule has 7 heteroatoms. The van der Waals surface area contributed by atoms with Crippen LogP contribution in [0, 0.1) is 5.82 Å². The zero-order valence-corrected chi connectivity index (χ0v) is 17.2. The van der Waals surface area contributed by atoms with E-state index in [9.17, 15) is 9.18 Å². The summed E-state index contributed by atoms with van der Waals surface area (Å²) in [6, 6.07) is 24.4. The van der Waals surface area contributed by atoms with E-state index < -0.39 is 5.82 Å².